The van der Waals surface area contributed by atoms with Crippen LogP contribution in [0.2, 0.25) is 0 Å². The van der Waals surface area contributed by atoms with E-state index in [1.807, 2.05) is 0 Å². The number of fused-ring (bicyclic) bond motifs is 4. The Morgan fingerprint density at radius 1 is 0.210 bits per heavy atom. The third kappa shape index (κ3) is 11.0. The molecule has 19 rings (SSSR count). The molecule has 0 unspecified atom stereocenters. The van der Waals surface area contributed by atoms with Gasteiger partial charge in [-0.05, 0) is 209 Å². The van der Waals surface area contributed by atoms with E-state index in [1.165, 1.54) is 71.0 Å². The standard InChI is InChI=1S/C102H77BN2/c1-101(2,3)84-50-46-69(47-51-84)83-64-94-98-95(65-83)105(100-88(72-38-24-12-25-39-72)60-82(68-32-18-9-19-33-68)61-89(100)73-40-26-13-27-41-73)93-53-49-75(80-54-76-42-44-78-56-85(102(4,5)6)57-79-45-43-77(55-80)96(76)97(78)79)63-91(93)103(98)90-62-74(66-28-14-7-15-29-66)48-52-92(90)104(94)99-86(70-34-20-10-21-35-70)58-81(67-30-16-8-17-31-67)59-87(99)71-36-22-11-23-37-71/h7-65H,1-6H3. The van der Waals surface area contributed by atoms with Crippen LogP contribution in [0.3, 0.4) is 0 Å². The van der Waals surface area contributed by atoms with Crippen LogP contribution in [0.1, 0.15) is 52.7 Å². The van der Waals surface area contributed by atoms with Crippen molar-refractivity contribution in [3.8, 4) is 100 Å². The molecule has 0 bridgehead atoms. The molecule has 17 aromatic carbocycles. The smallest absolute Gasteiger partial charge is 0.252 e. The Morgan fingerprint density at radius 2 is 0.486 bits per heavy atom. The number of hydrogen-bond donors (Lipinski definition) is 0. The van der Waals surface area contributed by atoms with E-state index in [4.69, 9.17) is 0 Å². The zero-order valence-electron chi connectivity index (χ0n) is 60.0. The summed E-state index contributed by atoms with van der Waals surface area (Å²) in [6.45, 7) is 13.6. The lowest BCUT2D eigenvalue weighted by Crippen LogP contribution is -2.61. The number of hydrogen-bond acceptors (Lipinski definition) is 2. The van der Waals surface area contributed by atoms with Crippen LogP contribution >= 0.6 is 0 Å². The largest absolute Gasteiger partial charge is 0.310 e. The van der Waals surface area contributed by atoms with Gasteiger partial charge in [-0.15, -0.1) is 0 Å². The first-order valence-corrected chi connectivity index (χ1v) is 37.0. The third-order valence-corrected chi connectivity index (χ3v) is 22.2. The molecular weight excluding hydrogens is 1260 g/mol. The van der Waals surface area contributed by atoms with E-state index in [0.717, 1.165) is 123 Å². The summed E-state index contributed by atoms with van der Waals surface area (Å²) in [5.74, 6) is 0. The average molecular weight is 1340 g/mol. The molecule has 498 valence electrons. The van der Waals surface area contributed by atoms with Gasteiger partial charge in [0.15, 0.2) is 0 Å². The van der Waals surface area contributed by atoms with Gasteiger partial charge in [-0.3, -0.25) is 0 Å². The van der Waals surface area contributed by atoms with Gasteiger partial charge in [0.2, 0.25) is 0 Å². The van der Waals surface area contributed by atoms with Crippen LogP contribution in [-0.4, -0.2) is 6.71 Å². The van der Waals surface area contributed by atoms with E-state index in [0.29, 0.717) is 0 Å². The lowest BCUT2D eigenvalue weighted by Gasteiger charge is -2.46. The lowest BCUT2D eigenvalue weighted by molar-refractivity contribution is 0.590. The summed E-state index contributed by atoms with van der Waals surface area (Å²) in [5.41, 5.74) is 33.6. The lowest BCUT2D eigenvalue weighted by atomic mass is 9.33. The topological polar surface area (TPSA) is 6.48 Å². The Labute approximate surface area is 616 Å². The second-order valence-electron chi connectivity index (χ2n) is 30.8. The number of nitrogens with zero attached hydrogens (tertiary/aromatic N) is 2. The molecule has 0 radical (unpaired) electrons. The average Bonchev–Trinajstić information content (AvgIpc) is 0.688. The van der Waals surface area contributed by atoms with Crippen LogP contribution in [-0.2, 0) is 10.8 Å². The maximum atomic E-state index is 2.70. The highest BCUT2D eigenvalue weighted by molar-refractivity contribution is 7.00. The Hall–Kier alpha value is -12.6. The summed E-state index contributed by atoms with van der Waals surface area (Å²) in [6.07, 6.45) is 0. The second kappa shape index (κ2) is 25.2. The van der Waals surface area contributed by atoms with Gasteiger partial charge in [0.05, 0.1) is 11.4 Å². The highest BCUT2D eigenvalue weighted by Gasteiger charge is 2.46. The Morgan fingerprint density at radius 3 is 0.829 bits per heavy atom. The maximum absolute atomic E-state index is 2.70. The Balaban J connectivity index is 0.977. The van der Waals surface area contributed by atoms with Gasteiger partial charge in [0.1, 0.15) is 0 Å². The van der Waals surface area contributed by atoms with Crippen LogP contribution < -0.4 is 26.2 Å². The summed E-state index contributed by atoms with van der Waals surface area (Å²) in [5, 5.41) is 7.71. The molecule has 17 aromatic rings. The third-order valence-electron chi connectivity index (χ3n) is 22.2. The molecule has 2 aliphatic rings. The van der Waals surface area contributed by atoms with E-state index >= 15 is 0 Å². The van der Waals surface area contributed by atoms with Crippen LogP contribution in [0.4, 0.5) is 34.1 Å². The Kier molecular flexibility index (Phi) is 15.2. The molecule has 105 heavy (non-hydrogen) atoms. The number of rotatable bonds is 11. The van der Waals surface area contributed by atoms with Crippen molar-refractivity contribution in [2.45, 2.75) is 52.4 Å². The molecule has 0 spiro atoms. The summed E-state index contributed by atoms with van der Waals surface area (Å²) in [7, 11) is 0. The van der Waals surface area contributed by atoms with Crippen molar-refractivity contribution >= 4 is 89.5 Å². The monoisotopic (exact) mass is 1340 g/mol. The summed E-state index contributed by atoms with van der Waals surface area (Å²) in [6, 6.07) is 136. The normalized spacial score (nSPS) is 12.6. The zero-order valence-corrected chi connectivity index (χ0v) is 60.0. The van der Waals surface area contributed by atoms with Gasteiger partial charge in [-0.25, -0.2) is 0 Å². The first-order chi connectivity index (χ1) is 51.3. The molecule has 2 aliphatic heterocycles. The van der Waals surface area contributed by atoms with E-state index in [2.05, 4.69) is 409 Å². The summed E-state index contributed by atoms with van der Waals surface area (Å²) < 4.78 is 0. The highest BCUT2D eigenvalue weighted by atomic mass is 15.2. The van der Waals surface area contributed by atoms with Gasteiger partial charge in [-0.2, -0.15) is 0 Å². The van der Waals surface area contributed by atoms with Crippen LogP contribution in [0.25, 0.3) is 132 Å². The molecule has 0 fully saturated rings. The molecule has 2 heterocycles. The molecule has 0 N–H and O–H groups in total. The predicted molar refractivity (Wildman–Crippen MR) is 450 cm³/mol. The van der Waals surface area contributed by atoms with Gasteiger partial charge in [0, 0.05) is 45.0 Å². The fraction of sp³-hybridized carbons (Fsp3) is 0.0784. The molecule has 0 saturated heterocycles. The fourth-order valence-corrected chi connectivity index (χ4v) is 16.9. The molecule has 0 saturated carbocycles. The van der Waals surface area contributed by atoms with Gasteiger partial charge < -0.3 is 9.80 Å². The first kappa shape index (κ1) is 63.4. The van der Waals surface area contributed by atoms with Crippen molar-refractivity contribution in [2.75, 3.05) is 9.80 Å². The molecule has 0 aromatic heterocycles. The minimum absolute atomic E-state index is 0.0179. The van der Waals surface area contributed by atoms with Crippen molar-refractivity contribution in [2.24, 2.45) is 0 Å². The minimum Gasteiger partial charge on any atom is -0.310 e. The van der Waals surface area contributed by atoms with Crippen molar-refractivity contribution in [1.29, 1.82) is 0 Å². The Bertz CT molecular complexity index is 5970. The zero-order chi connectivity index (χ0) is 70.7. The molecular formula is C102H77BN2. The molecule has 2 nitrogen and oxygen atoms in total. The van der Waals surface area contributed by atoms with Crippen molar-refractivity contribution in [3.63, 3.8) is 0 Å². The molecule has 3 heteroatoms. The number of benzene rings is 17. The number of anilines is 6. The van der Waals surface area contributed by atoms with Crippen LogP contribution in [0, 0.1) is 0 Å². The first-order valence-electron chi connectivity index (χ1n) is 37.0. The van der Waals surface area contributed by atoms with Crippen molar-refractivity contribution in [1.82, 2.24) is 0 Å². The van der Waals surface area contributed by atoms with E-state index < -0.39 is 0 Å². The second-order valence-corrected chi connectivity index (χ2v) is 30.8. The highest BCUT2D eigenvalue weighted by Crippen LogP contribution is 2.56. The summed E-state index contributed by atoms with van der Waals surface area (Å²) in [4.78, 5) is 5.39. The molecule has 0 amide bonds. The van der Waals surface area contributed by atoms with E-state index in [9.17, 15) is 0 Å². The van der Waals surface area contributed by atoms with Crippen molar-refractivity contribution < 1.29 is 0 Å². The SMILES string of the molecule is CC(C)(C)c1ccc(-c2cc3c4c(c2)N(c2c(-c5ccccc5)cc(-c5ccccc5)cc2-c2ccccc2)c2ccc(-c5cc6ccc7cc(C(C)(C)C)cc8ccc(c5)c6c78)cc2B4c2cc(-c4ccccc4)ccc2N3c2c(-c3ccccc3)cc(-c3ccccc3)cc2-c2ccccc2)cc1. The minimum atomic E-state index is -0.275. The van der Waals surface area contributed by atoms with E-state index in [1.54, 1.807) is 0 Å². The van der Waals surface area contributed by atoms with Gasteiger partial charge in [-0.1, -0.05) is 339 Å². The predicted octanol–water partition coefficient (Wildman–Crippen LogP) is 26.3. The van der Waals surface area contributed by atoms with Crippen LogP contribution in [0.15, 0.2) is 358 Å². The van der Waals surface area contributed by atoms with Crippen LogP contribution in [0.5, 0.6) is 0 Å². The van der Waals surface area contributed by atoms with Gasteiger partial charge >= 0.3 is 0 Å². The van der Waals surface area contributed by atoms with Gasteiger partial charge in [0.25, 0.3) is 6.71 Å². The molecule has 0 atom stereocenters. The fourth-order valence-electron chi connectivity index (χ4n) is 16.9. The van der Waals surface area contributed by atoms with E-state index in [-0.39, 0.29) is 17.5 Å². The molecule has 0 aliphatic carbocycles. The quantitative estimate of drug-likeness (QED) is 0.0941. The maximum Gasteiger partial charge on any atom is 0.252 e. The van der Waals surface area contributed by atoms with Crippen molar-refractivity contribution in [3.05, 3.63) is 369 Å². The summed E-state index contributed by atoms with van der Waals surface area (Å²) >= 11 is 0.